The maximum absolute atomic E-state index is 12.4. The Morgan fingerprint density at radius 2 is 2.18 bits per heavy atom. The smallest absolute Gasteiger partial charge is 0.504 e. The van der Waals surface area contributed by atoms with E-state index in [0.29, 0.717) is 0 Å². The van der Waals surface area contributed by atoms with Crippen molar-refractivity contribution in [1.29, 1.82) is 0 Å². The maximum Gasteiger partial charge on any atom is 0.796 e. The molecule has 0 unspecified atom stereocenters. The molecule has 4 nitrogen and oxygen atoms in total. The minimum absolute atomic E-state index is 0.0726. The van der Waals surface area contributed by atoms with Crippen LogP contribution < -0.4 is 10.3 Å². The number of allylic oxidation sites excluding steroid dienone is 1. The van der Waals surface area contributed by atoms with Gasteiger partial charge in [0, 0.05) is 10.9 Å². The van der Waals surface area contributed by atoms with Gasteiger partial charge in [0.15, 0.2) is 5.78 Å². The van der Waals surface area contributed by atoms with Crippen molar-refractivity contribution in [1.82, 2.24) is 0 Å². The molecule has 2 rings (SSSR count). The molecule has 0 N–H and O–H groups in total. The van der Waals surface area contributed by atoms with Crippen molar-refractivity contribution in [3.8, 4) is 5.75 Å². The second kappa shape index (κ2) is 7.02. The average Bonchev–Trinajstić information content (AvgIpc) is 2.80. The molecule has 0 aliphatic carbocycles. The number of carbonyl (C=O) groups is 1. The standard InChI is InChI=1S/C13H8BBrF2O4S/c1-7-6-10(21-14(16)17)12(13(19)20-7)9(18)4-2-8-3-5-11(15)22-8/h2-6H,1H3/b4-2+. The average molecular weight is 389 g/mol. The summed E-state index contributed by atoms with van der Waals surface area (Å²) in [5.74, 6) is -1.19. The van der Waals surface area contributed by atoms with E-state index in [1.807, 2.05) is 0 Å². The number of thiophene rings is 1. The predicted octanol–water partition coefficient (Wildman–Crippen LogP) is 3.97. The molecular formula is C13H8BBrF2O4S. The molecule has 0 spiro atoms. The van der Waals surface area contributed by atoms with Gasteiger partial charge in [-0.3, -0.25) is 4.79 Å². The SMILES string of the molecule is Cc1cc(OB(F)F)c(C(=O)/C=C/c2ccc(Br)s2)c(=O)o1. The molecule has 114 valence electrons. The highest BCUT2D eigenvalue weighted by Crippen LogP contribution is 2.24. The lowest BCUT2D eigenvalue weighted by Crippen LogP contribution is -2.19. The van der Waals surface area contributed by atoms with E-state index in [1.165, 1.54) is 24.3 Å². The summed E-state index contributed by atoms with van der Waals surface area (Å²) in [6.07, 6.45) is 2.58. The fraction of sp³-hybridized carbons (Fsp3) is 0.0769. The van der Waals surface area contributed by atoms with E-state index >= 15 is 0 Å². The van der Waals surface area contributed by atoms with Crippen LogP contribution in [0, 0.1) is 6.92 Å². The van der Waals surface area contributed by atoms with Crippen LogP contribution in [0.5, 0.6) is 5.75 Å². The van der Waals surface area contributed by atoms with Crippen molar-refractivity contribution < 1.29 is 22.5 Å². The fourth-order valence-corrected chi connectivity index (χ4v) is 2.98. The van der Waals surface area contributed by atoms with Crippen molar-refractivity contribution in [3.05, 3.63) is 54.7 Å². The molecular weight excluding hydrogens is 381 g/mol. The molecule has 0 bridgehead atoms. The molecule has 0 aliphatic rings. The Labute approximate surface area is 136 Å². The number of hydrogen-bond donors (Lipinski definition) is 0. The van der Waals surface area contributed by atoms with Gasteiger partial charge in [-0.05, 0) is 47.1 Å². The first-order chi connectivity index (χ1) is 10.4. The Kier molecular flexibility index (Phi) is 5.30. The van der Waals surface area contributed by atoms with Crippen LogP contribution >= 0.6 is 27.3 Å². The second-order valence-corrected chi connectivity index (χ2v) is 6.60. The Hall–Kier alpha value is -1.74. The molecule has 0 saturated carbocycles. The van der Waals surface area contributed by atoms with Crippen LogP contribution in [0.2, 0.25) is 0 Å². The van der Waals surface area contributed by atoms with Gasteiger partial charge in [0.1, 0.15) is 17.1 Å². The number of aryl methyl sites for hydroxylation is 1. The van der Waals surface area contributed by atoms with E-state index in [1.54, 1.807) is 12.1 Å². The molecule has 2 aromatic heterocycles. The Bertz CT molecular complexity index is 785. The van der Waals surface area contributed by atoms with Gasteiger partial charge in [0.2, 0.25) is 0 Å². The zero-order chi connectivity index (χ0) is 16.3. The van der Waals surface area contributed by atoms with E-state index < -0.39 is 30.2 Å². The van der Waals surface area contributed by atoms with Gasteiger partial charge in [-0.2, -0.15) is 0 Å². The monoisotopic (exact) mass is 388 g/mol. The van der Waals surface area contributed by atoms with Crippen molar-refractivity contribution in [2.45, 2.75) is 6.92 Å². The molecule has 0 fully saturated rings. The summed E-state index contributed by atoms with van der Waals surface area (Å²) in [5, 5.41) is 0. The molecule has 0 atom stereocenters. The van der Waals surface area contributed by atoms with Gasteiger partial charge >= 0.3 is 13.1 Å². The largest absolute Gasteiger partial charge is 0.796 e. The minimum Gasteiger partial charge on any atom is -0.504 e. The molecule has 9 heteroatoms. The van der Waals surface area contributed by atoms with Crippen molar-refractivity contribution in [2.75, 3.05) is 0 Å². The van der Waals surface area contributed by atoms with Crippen molar-refractivity contribution in [2.24, 2.45) is 0 Å². The van der Waals surface area contributed by atoms with E-state index in [0.717, 1.165) is 20.8 Å². The number of carbonyl (C=O) groups excluding carboxylic acids is 1. The van der Waals surface area contributed by atoms with Crippen LogP contribution in [0.3, 0.4) is 0 Å². The Morgan fingerprint density at radius 3 is 2.77 bits per heavy atom. The first kappa shape index (κ1) is 16.6. The second-order valence-electron chi connectivity index (χ2n) is 4.10. The molecule has 0 saturated heterocycles. The van der Waals surface area contributed by atoms with E-state index in [9.17, 15) is 18.2 Å². The highest BCUT2D eigenvalue weighted by molar-refractivity contribution is 9.11. The summed E-state index contributed by atoms with van der Waals surface area (Å²) >= 11 is 4.65. The Balaban J connectivity index is 2.36. The van der Waals surface area contributed by atoms with Gasteiger partial charge in [-0.1, -0.05) is 0 Å². The molecule has 0 amide bonds. The first-order valence-corrected chi connectivity index (χ1v) is 7.55. The molecule has 2 heterocycles. The predicted molar refractivity (Wildman–Crippen MR) is 83.7 cm³/mol. The van der Waals surface area contributed by atoms with Crippen molar-refractivity contribution in [3.63, 3.8) is 0 Å². The van der Waals surface area contributed by atoms with Crippen LogP contribution in [0.1, 0.15) is 21.0 Å². The Morgan fingerprint density at radius 1 is 1.45 bits per heavy atom. The zero-order valence-corrected chi connectivity index (χ0v) is 13.5. The third-order valence-corrected chi connectivity index (χ3v) is 4.08. The number of ketones is 1. The van der Waals surface area contributed by atoms with E-state index in [-0.39, 0.29) is 5.76 Å². The summed E-state index contributed by atoms with van der Waals surface area (Å²) in [6.45, 7) is 1.40. The zero-order valence-electron chi connectivity index (χ0n) is 11.1. The van der Waals surface area contributed by atoms with Gasteiger partial charge in [0.05, 0.1) is 3.79 Å². The third-order valence-electron chi connectivity index (χ3n) is 2.49. The third kappa shape index (κ3) is 4.14. The lowest BCUT2D eigenvalue weighted by Gasteiger charge is -2.06. The van der Waals surface area contributed by atoms with Crippen LogP contribution in [0.15, 0.2) is 37.3 Å². The van der Waals surface area contributed by atoms with Gasteiger partial charge in [-0.25, -0.2) is 13.4 Å². The molecule has 0 radical (unpaired) electrons. The number of rotatable bonds is 5. The lowest BCUT2D eigenvalue weighted by molar-refractivity contribution is 0.104. The van der Waals surface area contributed by atoms with E-state index in [2.05, 4.69) is 20.6 Å². The summed E-state index contributed by atoms with van der Waals surface area (Å²) < 4.78 is 34.7. The van der Waals surface area contributed by atoms with Crippen LogP contribution in [-0.2, 0) is 0 Å². The molecule has 2 aromatic rings. The first-order valence-electron chi connectivity index (χ1n) is 5.94. The summed E-state index contributed by atoms with van der Waals surface area (Å²) in [6, 6.07) is 4.63. The highest BCUT2D eigenvalue weighted by Gasteiger charge is 2.25. The van der Waals surface area contributed by atoms with E-state index in [4.69, 9.17) is 4.42 Å². The van der Waals surface area contributed by atoms with Crippen LogP contribution in [-0.4, -0.2) is 13.3 Å². The summed E-state index contributed by atoms with van der Waals surface area (Å²) in [4.78, 5) is 24.6. The van der Waals surface area contributed by atoms with Crippen molar-refractivity contribution >= 4 is 46.6 Å². The van der Waals surface area contributed by atoms with Gasteiger partial charge in [-0.15, -0.1) is 11.3 Å². The molecule has 22 heavy (non-hydrogen) atoms. The fourth-order valence-electron chi connectivity index (χ4n) is 1.65. The quantitative estimate of drug-likeness (QED) is 0.441. The molecule has 0 aromatic carbocycles. The van der Waals surface area contributed by atoms with Crippen LogP contribution in [0.4, 0.5) is 8.63 Å². The molecule has 0 aliphatic heterocycles. The minimum atomic E-state index is -3.15. The summed E-state index contributed by atoms with van der Waals surface area (Å²) in [7, 11) is -3.15. The van der Waals surface area contributed by atoms with Crippen LogP contribution in [0.25, 0.3) is 6.08 Å². The number of hydrogen-bond acceptors (Lipinski definition) is 5. The summed E-state index contributed by atoms with van der Waals surface area (Å²) in [5.41, 5.74) is -1.57. The maximum atomic E-state index is 12.4. The lowest BCUT2D eigenvalue weighted by atomic mass is 10.1. The highest BCUT2D eigenvalue weighted by atomic mass is 79.9. The van der Waals surface area contributed by atoms with Gasteiger partial charge in [0.25, 0.3) is 0 Å². The normalized spacial score (nSPS) is 10.9. The van der Waals surface area contributed by atoms with Gasteiger partial charge < -0.3 is 9.07 Å². The number of halogens is 3. The topological polar surface area (TPSA) is 56.5 Å².